The Morgan fingerprint density at radius 2 is 2.13 bits per heavy atom. The van der Waals surface area contributed by atoms with Crippen molar-refractivity contribution in [3.63, 3.8) is 0 Å². The number of hydrogen-bond donors (Lipinski definition) is 2. The molecule has 0 saturated heterocycles. The summed E-state index contributed by atoms with van der Waals surface area (Å²) in [5.41, 5.74) is 6.84. The molecule has 0 spiro atoms. The monoisotopic (exact) mass is 206 g/mol. The molecule has 0 fully saturated rings. The minimum Gasteiger partial charge on any atom is -0.506 e. The van der Waals surface area contributed by atoms with Crippen LogP contribution in [0.5, 0.6) is 5.75 Å². The molecule has 0 amide bonds. The van der Waals surface area contributed by atoms with E-state index in [2.05, 4.69) is 0 Å². The van der Waals surface area contributed by atoms with E-state index < -0.39 is 0 Å². The second-order valence-electron chi connectivity index (χ2n) is 3.77. The summed E-state index contributed by atoms with van der Waals surface area (Å²) in [7, 11) is 0. The van der Waals surface area contributed by atoms with Crippen molar-refractivity contribution in [2.75, 3.05) is 5.73 Å². The van der Waals surface area contributed by atoms with Crippen LogP contribution in [0.1, 0.15) is 13.8 Å². The molecule has 1 aromatic carbocycles. The number of phenols is 1. The fourth-order valence-electron chi connectivity index (χ4n) is 1.48. The van der Waals surface area contributed by atoms with E-state index in [1.54, 1.807) is 16.9 Å². The van der Waals surface area contributed by atoms with Crippen molar-refractivity contribution >= 4 is 16.6 Å². The maximum absolute atomic E-state index is 9.43. The van der Waals surface area contributed by atoms with E-state index in [0.717, 1.165) is 10.9 Å². The molecular weight excluding hydrogens is 192 g/mol. The van der Waals surface area contributed by atoms with Crippen molar-refractivity contribution in [3.8, 4) is 5.75 Å². The van der Waals surface area contributed by atoms with Gasteiger partial charge in [0.15, 0.2) is 0 Å². The summed E-state index contributed by atoms with van der Waals surface area (Å²) in [6.07, 6.45) is 1.90. The van der Waals surface area contributed by atoms with Gasteiger partial charge in [0.1, 0.15) is 11.9 Å². The number of fused-ring (bicyclic) bond motifs is 1. The fourth-order valence-corrected chi connectivity index (χ4v) is 1.48. The van der Waals surface area contributed by atoms with Gasteiger partial charge in [-0.15, -0.1) is 0 Å². The summed E-state index contributed by atoms with van der Waals surface area (Å²) in [5.74, 6) is 0.102. The number of rotatable bonds is 2. The first-order valence-electron chi connectivity index (χ1n) is 4.84. The SMILES string of the molecule is CC(C)On1ccc2cc(O)c(N)cc21. The summed E-state index contributed by atoms with van der Waals surface area (Å²) in [6.45, 7) is 3.91. The van der Waals surface area contributed by atoms with Gasteiger partial charge in [0, 0.05) is 11.6 Å². The topological polar surface area (TPSA) is 60.4 Å². The van der Waals surface area contributed by atoms with Crippen molar-refractivity contribution in [3.05, 3.63) is 24.4 Å². The third-order valence-electron chi connectivity index (χ3n) is 2.13. The first-order valence-corrected chi connectivity index (χ1v) is 4.84. The number of nitrogens with two attached hydrogens (primary N) is 1. The number of nitrogens with zero attached hydrogens (tertiary/aromatic N) is 1. The standard InChI is InChI=1S/C11H14N2O2/c1-7(2)15-13-4-3-8-5-11(14)9(12)6-10(8)13/h3-7,14H,12H2,1-2H3. The molecule has 0 aliphatic heterocycles. The van der Waals surface area contributed by atoms with Crippen LogP contribution in [-0.2, 0) is 0 Å². The highest BCUT2D eigenvalue weighted by molar-refractivity contribution is 5.85. The van der Waals surface area contributed by atoms with E-state index in [1.807, 2.05) is 26.1 Å². The first-order chi connectivity index (χ1) is 7.08. The Bertz CT molecular complexity index is 489. The maximum Gasteiger partial charge on any atom is 0.139 e. The van der Waals surface area contributed by atoms with Crippen LogP contribution in [-0.4, -0.2) is 15.9 Å². The summed E-state index contributed by atoms with van der Waals surface area (Å²) >= 11 is 0. The third kappa shape index (κ3) is 1.70. The molecule has 80 valence electrons. The quantitative estimate of drug-likeness (QED) is 0.581. The van der Waals surface area contributed by atoms with Gasteiger partial charge in [0.2, 0.25) is 0 Å². The van der Waals surface area contributed by atoms with Crippen LogP contribution >= 0.6 is 0 Å². The maximum atomic E-state index is 9.43. The minimum atomic E-state index is 0.0932. The molecule has 0 aliphatic carbocycles. The Hall–Kier alpha value is -1.84. The molecule has 3 N–H and O–H groups in total. The molecule has 2 rings (SSSR count). The lowest BCUT2D eigenvalue weighted by atomic mass is 10.2. The van der Waals surface area contributed by atoms with Gasteiger partial charge in [-0.25, -0.2) is 0 Å². The Labute approximate surface area is 87.8 Å². The number of phenolic OH excluding ortho intramolecular Hbond substituents is 1. The highest BCUT2D eigenvalue weighted by Gasteiger charge is 2.06. The van der Waals surface area contributed by atoms with Crippen LogP contribution in [0.15, 0.2) is 24.4 Å². The van der Waals surface area contributed by atoms with Crippen molar-refractivity contribution in [2.24, 2.45) is 0 Å². The highest BCUT2D eigenvalue weighted by Crippen LogP contribution is 2.27. The molecule has 1 heterocycles. The largest absolute Gasteiger partial charge is 0.506 e. The molecule has 0 bridgehead atoms. The van der Waals surface area contributed by atoms with Crippen LogP contribution in [0.4, 0.5) is 5.69 Å². The van der Waals surface area contributed by atoms with E-state index in [9.17, 15) is 5.11 Å². The zero-order chi connectivity index (χ0) is 11.0. The van der Waals surface area contributed by atoms with Gasteiger partial charge in [-0.2, -0.15) is 4.73 Å². The van der Waals surface area contributed by atoms with Crippen LogP contribution in [0.25, 0.3) is 10.9 Å². The lowest BCUT2D eigenvalue weighted by Crippen LogP contribution is -2.17. The van der Waals surface area contributed by atoms with Gasteiger partial charge in [-0.3, -0.25) is 0 Å². The summed E-state index contributed by atoms with van der Waals surface area (Å²) < 4.78 is 1.66. The van der Waals surface area contributed by atoms with Crippen molar-refractivity contribution < 1.29 is 9.94 Å². The van der Waals surface area contributed by atoms with Crippen molar-refractivity contribution in [1.82, 2.24) is 4.73 Å². The van der Waals surface area contributed by atoms with E-state index in [0.29, 0.717) is 5.69 Å². The van der Waals surface area contributed by atoms with E-state index in [1.165, 1.54) is 0 Å². The fraction of sp³-hybridized carbons (Fsp3) is 0.273. The van der Waals surface area contributed by atoms with Crippen LogP contribution in [0.2, 0.25) is 0 Å². The molecular formula is C11H14N2O2. The second kappa shape index (κ2) is 3.38. The predicted molar refractivity (Wildman–Crippen MR) is 59.7 cm³/mol. The predicted octanol–water partition coefficient (Wildman–Crippen LogP) is 1.77. The summed E-state index contributed by atoms with van der Waals surface area (Å²) in [5, 5.41) is 10.3. The van der Waals surface area contributed by atoms with Gasteiger partial charge < -0.3 is 15.7 Å². The zero-order valence-corrected chi connectivity index (χ0v) is 8.77. The van der Waals surface area contributed by atoms with Gasteiger partial charge in [0.05, 0.1) is 11.2 Å². The zero-order valence-electron chi connectivity index (χ0n) is 8.77. The molecule has 4 nitrogen and oxygen atoms in total. The van der Waals surface area contributed by atoms with Crippen LogP contribution < -0.4 is 10.6 Å². The molecule has 0 unspecified atom stereocenters. The Balaban J connectivity index is 2.54. The lowest BCUT2D eigenvalue weighted by Gasteiger charge is -2.11. The van der Waals surface area contributed by atoms with Crippen LogP contribution in [0, 0.1) is 0 Å². The highest BCUT2D eigenvalue weighted by atomic mass is 16.7. The Morgan fingerprint density at radius 3 is 2.80 bits per heavy atom. The molecule has 1 aromatic heterocycles. The minimum absolute atomic E-state index is 0.0932. The molecule has 2 aromatic rings. The van der Waals surface area contributed by atoms with E-state index in [4.69, 9.17) is 10.6 Å². The van der Waals surface area contributed by atoms with Crippen LogP contribution in [0.3, 0.4) is 0 Å². The number of aromatic nitrogens is 1. The van der Waals surface area contributed by atoms with Gasteiger partial charge in [-0.05, 0) is 32.0 Å². The normalized spacial score (nSPS) is 11.1. The molecule has 0 radical (unpaired) electrons. The number of hydrogen-bond acceptors (Lipinski definition) is 3. The van der Waals surface area contributed by atoms with Gasteiger partial charge in [-0.1, -0.05) is 0 Å². The number of benzene rings is 1. The van der Waals surface area contributed by atoms with E-state index in [-0.39, 0.29) is 11.9 Å². The Kier molecular flexibility index (Phi) is 2.19. The van der Waals surface area contributed by atoms with Crippen molar-refractivity contribution in [1.29, 1.82) is 0 Å². The smallest absolute Gasteiger partial charge is 0.139 e. The summed E-state index contributed by atoms with van der Waals surface area (Å²) in [6, 6.07) is 5.20. The van der Waals surface area contributed by atoms with Gasteiger partial charge in [0.25, 0.3) is 0 Å². The number of anilines is 1. The first kappa shape index (κ1) is 9.71. The Morgan fingerprint density at radius 1 is 1.40 bits per heavy atom. The van der Waals surface area contributed by atoms with Gasteiger partial charge >= 0.3 is 0 Å². The third-order valence-corrected chi connectivity index (χ3v) is 2.13. The number of nitrogen functional groups attached to an aromatic ring is 1. The number of aromatic hydroxyl groups is 1. The molecule has 15 heavy (non-hydrogen) atoms. The average molecular weight is 206 g/mol. The second-order valence-corrected chi connectivity index (χ2v) is 3.77. The molecule has 0 aliphatic rings. The average Bonchev–Trinajstić information content (AvgIpc) is 2.49. The van der Waals surface area contributed by atoms with E-state index >= 15 is 0 Å². The molecule has 4 heteroatoms. The summed E-state index contributed by atoms with van der Waals surface area (Å²) in [4.78, 5) is 5.54. The molecule has 0 saturated carbocycles. The molecule has 0 atom stereocenters. The lowest BCUT2D eigenvalue weighted by molar-refractivity contribution is 0.0686. The van der Waals surface area contributed by atoms with Crippen molar-refractivity contribution in [2.45, 2.75) is 20.0 Å².